The predicted octanol–water partition coefficient (Wildman–Crippen LogP) is 4.30. The van der Waals surface area contributed by atoms with Crippen LogP contribution in [0.3, 0.4) is 0 Å². The highest BCUT2D eigenvalue weighted by molar-refractivity contribution is 5.74. The largest absolute Gasteiger partial charge is 0.334 e. The highest BCUT2D eigenvalue weighted by Crippen LogP contribution is 2.27. The van der Waals surface area contributed by atoms with E-state index in [1.54, 1.807) is 11.0 Å². The van der Waals surface area contributed by atoms with Crippen LogP contribution in [0.5, 0.6) is 0 Å². The molecule has 0 saturated heterocycles. The Bertz CT molecular complexity index is 1870. The van der Waals surface area contributed by atoms with Crippen molar-refractivity contribution in [2.75, 3.05) is 0 Å². The minimum Gasteiger partial charge on any atom is -0.318 e. The Morgan fingerprint density at radius 1 is 0.875 bits per heavy atom. The van der Waals surface area contributed by atoms with Crippen LogP contribution in [0.4, 0.5) is 0 Å². The van der Waals surface area contributed by atoms with Gasteiger partial charge in [0.05, 0.1) is 11.4 Å². The summed E-state index contributed by atoms with van der Waals surface area (Å²) in [6, 6.07) is 25.4. The third-order valence-electron chi connectivity index (χ3n) is 7.00. The predicted molar refractivity (Wildman–Crippen MR) is 153 cm³/mol. The number of hydrogen-bond donors (Lipinski definition) is 1. The lowest BCUT2D eigenvalue weighted by atomic mass is 10.0. The van der Waals surface area contributed by atoms with E-state index in [0.29, 0.717) is 29.8 Å². The van der Waals surface area contributed by atoms with Crippen LogP contribution in [0.1, 0.15) is 37.6 Å². The van der Waals surface area contributed by atoms with Gasteiger partial charge in [-0.15, -0.1) is 5.10 Å². The smallest absolute Gasteiger partial charge is 0.318 e. The van der Waals surface area contributed by atoms with Crippen molar-refractivity contribution in [3.8, 4) is 22.5 Å². The van der Waals surface area contributed by atoms with Gasteiger partial charge in [-0.05, 0) is 46.2 Å². The summed E-state index contributed by atoms with van der Waals surface area (Å²) in [5.74, 6) is 0.789. The van der Waals surface area contributed by atoms with Crippen LogP contribution in [-0.2, 0) is 13.0 Å². The first-order valence-electron chi connectivity index (χ1n) is 13.4. The van der Waals surface area contributed by atoms with E-state index in [2.05, 4.69) is 51.7 Å². The van der Waals surface area contributed by atoms with E-state index in [4.69, 9.17) is 4.98 Å². The van der Waals surface area contributed by atoms with Crippen molar-refractivity contribution in [3.63, 3.8) is 0 Å². The third kappa shape index (κ3) is 4.75. The van der Waals surface area contributed by atoms with Gasteiger partial charge in [0.15, 0.2) is 11.2 Å². The molecule has 3 aromatic carbocycles. The molecule has 200 valence electrons. The number of aromatic amines is 1. The highest BCUT2D eigenvalue weighted by atomic mass is 16.2. The van der Waals surface area contributed by atoms with Gasteiger partial charge in [-0.2, -0.15) is 4.68 Å². The minimum atomic E-state index is -0.501. The second kappa shape index (κ2) is 10.9. The van der Waals surface area contributed by atoms with Crippen molar-refractivity contribution in [1.82, 2.24) is 39.3 Å². The average Bonchev–Trinajstić information content (AvgIpc) is 3.63. The maximum Gasteiger partial charge on any atom is 0.334 e. The van der Waals surface area contributed by atoms with Gasteiger partial charge in [0.1, 0.15) is 12.2 Å². The molecule has 6 aromatic rings. The number of nitrogens with zero attached hydrogens (tertiary/aromatic N) is 7. The molecule has 0 aliphatic rings. The highest BCUT2D eigenvalue weighted by Gasteiger charge is 2.20. The maximum atomic E-state index is 13.2. The zero-order valence-corrected chi connectivity index (χ0v) is 22.1. The molecule has 0 amide bonds. The first kappa shape index (κ1) is 25.2. The number of rotatable bonds is 9. The minimum absolute atomic E-state index is 0.374. The number of benzene rings is 3. The number of para-hydroxylation sites is 2. The molecule has 0 aliphatic carbocycles. The van der Waals surface area contributed by atoms with E-state index in [9.17, 15) is 9.59 Å². The number of unbranched alkanes of at least 4 members (excludes halogenated alkanes) is 2. The summed E-state index contributed by atoms with van der Waals surface area (Å²) >= 11 is 0. The molecular weight excluding hydrogens is 504 g/mol. The monoisotopic (exact) mass is 532 g/mol. The van der Waals surface area contributed by atoms with E-state index < -0.39 is 11.2 Å². The number of hydrogen-bond acceptors (Lipinski definition) is 6. The molecule has 0 saturated carbocycles. The van der Waals surface area contributed by atoms with Gasteiger partial charge in [-0.1, -0.05) is 80.4 Å². The molecule has 10 heteroatoms. The summed E-state index contributed by atoms with van der Waals surface area (Å²) in [4.78, 5) is 33.5. The number of imidazole rings is 1. The zero-order chi connectivity index (χ0) is 27.5. The van der Waals surface area contributed by atoms with Crippen molar-refractivity contribution in [2.45, 2.75) is 39.2 Å². The molecule has 3 heterocycles. The Morgan fingerprint density at radius 2 is 1.65 bits per heavy atom. The fourth-order valence-electron chi connectivity index (χ4n) is 5.05. The van der Waals surface area contributed by atoms with Gasteiger partial charge < -0.3 is 4.57 Å². The normalized spacial score (nSPS) is 11.3. The number of aryl methyl sites for hydroxylation is 1. The Labute approximate surface area is 229 Å². The Kier molecular flexibility index (Phi) is 6.88. The maximum absolute atomic E-state index is 13.2. The first-order chi connectivity index (χ1) is 19.6. The number of nitrogens with one attached hydrogen (secondary N) is 1. The van der Waals surface area contributed by atoms with Gasteiger partial charge in [-0.3, -0.25) is 9.78 Å². The third-order valence-corrected chi connectivity index (χ3v) is 7.00. The van der Waals surface area contributed by atoms with E-state index in [1.165, 1.54) is 4.57 Å². The van der Waals surface area contributed by atoms with E-state index in [0.717, 1.165) is 47.5 Å². The SMILES string of the molecule is CCCCCc1nc2c(c(=O)[nH]c(=O)n2-c2ccccc2)n1Cc1ccc(-c2ccccc2-n2cnnn2)cc1. The molecule has 10 nitrogen and oxygen atoms in total. The molecule has 3 aromatic heterocycles. The lowest BCUT2D eigenvalue weighted by molar-refractivity contribution is 0.658. The summed E-state index contributed by atoms with van der Waals surface area (Å²) < 4.78 is 5.07. The Balaban J connectivity index is 1.42. The van der Waals surface area contributed by atoms with Crippen molar-refractivity contribution < 1.29 is 0 Å². The van der Waals surface area contributed by atoms with Crippen LogP contribution in [-0.4, -0.2) is 39.3 Å². The lowest BCUT2D eigenvalue weighted by Gasteiger charge is -2.12. The summed E-state index contributed by atoms with van der Waals surface area (Å²) in [6.07, 6.45) is 5.36. The van der Waals surface area contributed by atoms with Crippen LogP contribution in [0.25, 0.3) is 33.7 Å². The molecule has 0 aliphatic heterocycles. The standard InChI is InChI=1S/C30H28N8O2/c1-2-3-5-14-26-32-28-27(29(39)33-30(40)38(28)23-10-6-4-7-11-23)36(26)19-21-15-17-22(18-16-21)24-12-8-9-13-25(24)37-20-31-34-35-37/h4,6-13,15-18,20H,2-3,5,14,19H2,1H3,(H,33,39,40). The van der Waals surface area contributed by atoms with E-state index in [1.807, 2.05) is 59.2 Å². The second-order valence-electron chi connectivity index (χ2n) is 9.64. The molecule has 0 spiro atoms. The van der Waals surface area contributed by atoms with Crippen molar-refractivity contribution in [2.24, 2.45) is 0 Å². The van der Waals surface area contributed by atoms with Crippen LogP contribution < -0.4 is 11.2 Å². The summed E-state index contributed by atoms with van der Waals surface area (Å²) in [5.41, 5.74) is 4.39. The van der Waals surface area contributed by atoms with Gasteiger partial charge in [0.2, 0.25) is 0 Å². The first-order valence-corrected chi connectivity index (χ1v) is 13.4. The van der Waals surface area contributed by atoms with Gasteiger partial charge in [0.25, 0.3) is 5.56 Å². The quantitative estimate of drug-likeness (QED) is 0.278. The Hall–Kier alpha value is -5.12. The van der Waals surface area contributed by atoms with Crippen LogP contribution >= 0.6 is 0 Å². The summed E-state index contributed by atoms with van der Waals surface area (Å²) in [7, 11) is 0. The van der Waals surface area contributed by atoms with Crippen molar-refractivity contribution in [1.29, 1.82) is 0 Å². The molecule has 1 N–H and O–H groups in total. The average molecular weight is 533 g/mol. The number of H-pyrrole nitrogens is 1. The number of aromatic nitrogens is 8. The zero-order valence-electron chi connectivity index (χ0n) is 22.1. The van der Waals surface area contributed by atoms with Gasteiger partial charge >= 0.3 is 5.69 Å². The molecule has 0 unspecified atom stereocenters. The summed E-state index contributed by atoms with van der Waals surface area (Å²) in [5, 5.41) is 11.6. The number of tetrazole rings is 1. The fraction of sp³-hybridized carbons (Fsp3) is 0.200. The lowest BCUT2D eigenvalue weighted by Crippen LogP contribution is -2.30. The molecule has 0 fully saturated rings. The number of fused-ring (bicyclic) bond motifs is 1. The molecule has 6 rings (SSSR count). The summed E-state index contributed by atoms with van der Waals surface area (Å²) in [6.45, 7) is 2.60. The van der Waals surface area contributed by atoms with Crippen LogP contribution in [0.15, 0.2) is 94.8 Å². The molecule has 40 heavy (non-hydrogen) atoms. The molecule has 0 atom stereocenters. The van der Waals surface area contributed by atoms with Crippen LogP contribution in [0.2, 0.25) is 0 Å². The van der Waals surface area contributed by atoms with Gasteiger partial charge in [-0.25, -0.2) is 14.3 Å². The fourth-order valence-corrected chi connectivity index (χ4v) is 5.05. The van der Waals surface area contributed by atoms with Crippen molar-refractivity contribution >= 4 is 11.2 Å². The molecular formula is C30H28N8O2. The topological polar surface area (TPSA) is 116 Å². The van der Waals surface area contributed by atoms with Gasteiger partial charge in [0, 0.05) is 18.5 Å². The second-order valence-corrected chi connectivity index (χ2v) is 9.64. The van der Waals surface area contributed by atoms with E-state index >= 15 is 0 Å². The van der Waals surface area contributed by atoms with Crippen LogP contribution in [0, 0.1) is 0 Å². The molecule has 0 radical (unpaired) electrons. The Morgan fingerprint density at radius 3 is 2.40 bits per heavy atom. The van der Waals surface area contributed by atoms with Crippen molar-refractivity contribution in [3.05, 3.63) is 117 Å². The van der Waals surface area contributed by atoms with E-state index in [-0.39, 0.29) is 0 Å². The molecule has 0 bridgehead atoms.